The lowest BCUT2D eigenvalue weighted by Crippen LogP contribution is -2.44. The van der Waals surface area contributed by atoms with Crippen LogP contribution in [0.5, 0.6) is 5.75 Å². The van der Waals surface area contributed by atoms with Gasteiger partial charge in [0.2, 0.25) is 0 Å². The van der Waals surface area contributed by atoms with Crippen molar-refractivity contribution in [2.24, 2.45) is 10.7 Å². The van der Waals surface area contributed by atoms with E-state index in [-0.39, 0.29) is 23.4 Å². The number of hydrogen-bond acceptors (Lipinski definition) is 5. The highest BCUT2D eigenvalue weighted by Crippen LogP contribution is 2.39. The molecule has 1 aliphatic rings. The maximum atomic E-state index is 13.7. The van der Waals surface area contributed by atoms with E-state index >= 15 is 0 Å². The Hall–Kier alpha value is -3.93. The Balaban J connectivity index is 1.35. The zero-order chi connectivity index (χ0) is 24.0. The van der Waals surface area contributed by atoms with Gasteiger partial charge in [-0.15, -0.1) is 0 Å². The lowest BCUT2D eigenvalue weighted by Gasteiger charge is -2.27. The van der Waals surface area contributed by atoms with Crippen LogP contribution < -0.4 is 5.73 Å². The van der Waals surface area contributed by atoms with Gasteiger partial charge in [0, 0.05) is 19.4 Å². The third-order valence-electron chi connectivity index (χ3n) is 6.17. The number of carbonyl (C=O) groups excluding carboxylic acids is 2. The van der Waals surface area contributed by atoms with Crippen LogP contribution >= 0.6 is 0 Å². The molecular weight excluding hydrogens is 426 g/mol. The van der Waals surface area contributed by atoms with Gasteiger partial charge >= 0.3 is 0 Å². The molecule has 174 valence electrons. The average Bonchev–Trinajstić information content (AvgIpc) is 3.12. The van der Waals surface area contributed by atoms with Gasteiger partial charge in [0.1, 0.15) is 11.5 Å². The van der Waals surface area contributed by atoms with Crippen molar-refractivity contribution in [3.63, 3.8) is 0 Å². The Morgan fingerprint density at radius 2 is 1.44 bits per heavy atom. The fourth-order valence-electron chi connectivity index (χ4n) is 4.40. The van der Waals surface area contributed by atoms with Gasteiger partial charge in [-0.3, -0.25) is 14.5 Å². The molecule has 1 heterocycles. The van der Waals surface area contributed by atoms with Crippen molar-refractivity contribution < 1.29 is 14.7 Å². The molecule has 0 atom stereocenters. The molecule has 0 unspecified atom stereocenters. The van der Waals surface area contributed by atoms with E-state index in [1.807, 2.05) is 60.7 Å². The predicted molar refractivity (Wildman–Crippen MR) is 132 cm³/mol. The Morgan fingerprint density at radius 1 is 0.853 bits per heavy atom. The van der Waals surface area contributed by atoms with Crippen LogP contribution in [-0.4, -0.2) is 34.2 Å². The summed E-state index contributed by atoms with van der Waals surface area (Å²) in [6, 6.07) is 25.8. The number of rotatable bonds is 10. The molecule has 0 aromatic heterocycles. The largest absolute Gasteiger partial charge is 0.508 e. The minimum absolute atomic E-state index is 0.147. The van der Waals surface area contributed by atoms with Crippen LogP contribution in [-0.2, 0) is 21.5 Å². The number of hydrogen-bond donors (Lipinski definition) is 2. The zero-order valence-electron chi connectivity index (χ0n) is 19.1. The van der Waals surface area contributed by atoms with Gasteiger partial charge < -0.3 is 10.8 Å². The first-order valence-corrected chi connectivity index (χ1v) is 11.6. The molecule has 3 aromatic carbocycles. The second-order valence-corrected chi connectivity index (χ2v) is 8.56. The van der Waals surface area contributed by atoms with Crippen molar-refractivity contribution in [2.75, 3.05) is 6.54 Å². The molecule has 0 saturated carbocycles. The third-order valence-corrected chi connectivity index (χ3v) is 6.17. The fraction of sp³-hybridized carbons (Fsp3) is 0.250. The van der Waals surface area contributed by atoms with Crippen molar-refractivity contribution in [3.05, 3.63) is 102 Å². The molecule has 0 saturated heterocycles. The summed E-state index contributed by atoms with van der Waals surface area (Å²) in [7, 11) is 0. The number of benzene rings is 3. The highest BCUT2D eigenvalue weighted by atomic mass is 16.3. The highest BCUT2D eigenvalue weighted by molar-refractivity contribution is 6.09. The van der Waals surface area contributed by atoms with Crippen LogP contribution in [0.4, 0.5) is 0 Å². The number of ketones is 1. The van der Waals surface area contributed by atoms with Crippen LogP contribution in [0.2, 0.25) is 0 Å². The number of amides is 1. The Kier molecular flexibility index (Phi) is 7.07. The first kappa shape index (κ1) is 23.2. The second-order valence-electron chi connectivity index (χ2n) is 8.56. The van der Waals surface area contributed by atoms with E-state index in [2.05, 4.69) is 0 Å². The number of aromatic hydroxyl groups is 1. The number of Topliss-reactive ketones (excluding diaryl/α,β-unsaturated/α-hetero) is 1. The normalized spacial score (nSPS) is 14.8. The third kappa shape index (κ3) is 4.86. The monoisotopic (exact) mass is 455 g/mol. The van der Waals surface area contributed by atoms with E-state index in [0.29, 0.717) is 19.4 Å². The Bertz CT molecular complexity index is 1120. The molecule has 6 nitrogen and oxygen atoms in total. The molecule has 0 fully saturated rings. The van der Waals surface area contributed by atoms with E-state index in [0.717, 1.165) is 36.0 Å². The topological polar surface area (TPSA) is 96.0 Å². The summed E-state index contributed by atoms with van der Waals surface area (Å²) in [5, 5.41) is 9.35. The van der Waals surface area contributed by atoms with Crippen LogP contribution in [0, 0.1) is 0 Å². The number of phenols is 1. The fourth-order valence-corrected chi connectivity index (χ4v) is 4.40. The first-order valence-electron chi connectivity index (χ1n) is 11.6. The Labute approximate surface area is 199 Å². The van der Waals surface area contributed by atoms with Gasteiger partial charge in [-0.05, 0) is 41.7 Å². The van der Waals surface area contributed by atoms with E-state index < -0.39 is 5.54 Å². The van der Waals surface area contributed by atoms with Crippen LogP contribution in [0.1, 0.15) is 42.4 Å². The van der Waals surface area contributed by atoms with Crippen molar-refractivity contribution in [3.8, 4) is 5.75 Å². The number of unbranched alkanes of at least 4 members (excludes halogenated alkanes) is 2. The number of nitrogens with two attached hydrogens (primary N) is 1. The molecular formula is C28H29N3O3. The summed E-state index contributed by atoms with van der Waals surface area (Å²) in [5.74, 6) is 0.433. The molecule has 3 aromatic rings. The van der Waals surface area contributed by atoms with Gasteiger partial charge in [0.05, 0.1) is 0 Å². The molecule has 1 amide bonds. The van der Waals surface area contributed by atoms with E-state index in [1.54, 1.807) is 29.2 Å². The highest BCUT2D eigenvalue weighted by Gasteiger charge is 2.50. The van der Waals surface area contributed by atoms with Gasteiger partial charge in [0.15, 0.2) is 11.5 Å². The quantitative estimate of drug-likeness (QED) is 0.449. The molecule has 0 bridgehead atoms. The van der Waals surface area contributed by atoms with Crippen LogP contribution in [0.15, 0.2) is 89.9 Å². The molecule has 1 aliphatic heterocycles. The lowest BCUT2D eigenvalue weighted by atomic mass is 9.83. The smallest absolute Gasteiger partial charge is 0.266 e. The number of phenolic OH excluding ortho intramolecular Hbond substituents is 1. The molecule has 3 N–H and O–H groups in total. The van der Waals surface area contributed by atoms with E-state index in [1.165, 1.54) is 0 Å². The minimum atomic E-state index is -1.17. The maximum Gasteiger partial charge on any atom is 0.266 e. The summed E-state index contributed by atoms with van der Waals surface area (Å²) >= 11 is 0. The minimum Gasteiger partial charge on any atom is -0.508 e. The predicted octanol–water partition coefficient (Wildman–Crippen LogP) is 4.16. The SMILES string of the molecule is NC1=NC(c2ccccc2)(c2ccccc2)C(=O)N1CCCCCC(=O)Cc1ccc(O)cc1. The summed E-state index contributed by atoms with van der Waals surface area (Å²) in [4.78, 5) is 32.2. The van der Waals surface area contributed by atoms with E-state index in [9.17, 15) is 14.7 Å². The molecule has 34 heavy (non-hydrogen) atoms. The van der Waals surface area contributed by atoms with Gasteiger partial charge in [-0.25, -0.2) is 4.99 Å². The molecule has 0 radical (unpaired) electrons. The number of guanidine groups is 1. The van der Waals surface area contributed by atoms with Crippen molar-refractivity contribution >= 4 is 17.6 Å². The second kappa shape index (κ2) is 10.3. The summed E-state index contributed by atoms with van der Waals surface area (Å²) < 4.78 is 0. The molecule has 0 aliphatic carbocycles. The van der Waals surface area contributed by atoms with Crippen LogP contribution in [0.3, 0.4) is 0 Å². The van der Waals surface area contributed by atoms with Crippen LogP contribution in [0.25, 0.3) is 0 Å². The van der Waals surface area contributed by atoms with Crippen molar-refractivity contribution in [1.29, 1.82) is 0 Å². The summed E-state index contributed by atoms with van der Waals surface area (Å²) in [6.07, 6.45) is 3.13. The summed E-state index contributed by atoms with van der Waals surface area (Å²) in [5.41, 5.74) is 7.56. The van der Waals surface area contributed by atoms with Gasteiger partial charge in [-0.2, -0.15) is 0 Å². The van der Waals surface area contributed by atoms with Gasteiger partial charge in [-0.1, -0.05) is 79.2 Å². The van der Waals surface area contributed by atoms with E-state index in [4.69, 9.17) is 10.7 Å². The number of aliphatic imine (C=N–C) groups is 1. The first-order chi connectivity index (χ1) is 16.5. The zero-order valence-corrected chi connectivity index (χ0v) is 19.1. The van der Waals surface area contributed by atoms with Crippen molar-refractivity contribution in [1.82, 2.24) is 4.90 Å². The number of nitrogens with zero attached hydrogens (tertiary/aromatic N) is 2. The average molecular weight is 456 g/mol. The standard InChI is InChI=1S/C28H29N3O3/c29-27-30-28(22-10-4-1-5-11-22,23-12-6-2-7-13-23)26(34)31(27)19-9-3-8-14-25(33)20-21-15-17-24(32)18-16-21/h1-2,4-7,10-13,15-18,32H,3,8-9,14,19-20H2,(H2,29,30). The van der Waals surface area contributed by atoms with Gasteiger partial charge in [0.25, 0.3) is 5.91 Å². The Morgan fingerprint density at radius 3 is 2.03 bits per heavy atom. The number of carbonyl (C=O) groups is 2. The van der Waals surface area contributed by atoms with Crippen molar-refractivity contribution in [2.45, 2.75) is 37.6 Å². The lowest BCUT2D eigenvalue weighted by molar-refractivity contribution is -0.130. The maximum absolute atomic E-state index is 13.7. The molecule has 4 rings (SSSR count). The molecule has 0 spiro atoms. The summed E-state index contributed by atoms with van der Waals surface area (Å²) in [6.45, 7) is 0.460. The molecule has 6 heteroatoms.